The van der Waals surface area contributed by atoms with E-state index in [1.807, 2.05) is 12.1 Å². The molecule has 0 unspecified atom stereocenters. The summed E-state index contributed by atoms with van der Waals surface area (Å²) in [5.74, 6) is 0.107. The summed E-state index contributed by atoms with van der Waals surface area (Å²) < 4.78 is 13.2. The van der Waals surface area contributed by atoms with Gasteiger partial charge in [0.1, 0.15) is 11.6 Å². The lowest BCUT2D eigenvalue weighted by atomic mass is 10.2. The second-order valence-corrected chi connectivity index (χ2v) is 5.02. The zero-order valence-corrected chi connectivity index (χ0v) is 11.8. The predicted octanol–water partition coefficient (Wildman–Crippen LogP) is 1.73. The molecular weight excluding hydrogens is 287 g/mol. The Morgan fingerprint density at radius 1 is 1.27 bits per heavy atom. The standard InChI is InChI=1S/C15H15FN4O2/c16-11-4-2-10-3-5-13(19-12(10)8-11)17-6-1-7-20-14(21)9-18-15(20)22/h2-5,8H,1,6-7,9H2,(H,17,19)(H,18,22). The molecule has 1 aromatic heterocycles. The molecule has 0 radical (unpaired) electrons. The van der Waals surface area contributed by atoms with E-state index in [4.69, 9.17) is 0 Å². The molecule has 2 N–H and O–H groups in total. The number of anilines is 1. The van der Waals surface area contributed by atoms with Crippen LogP contribution in [0.25, 0.3) is 10.9 Å². The minimum atomic E-state index is -0.343. The van der Waals surface area contributed by atoms with Crippen molar-refractivity contribution < 1.29 is 14.0 Å². The second-order valence-electron chi connectivity index (χ2n) is 5.02. The van der Waals surface area contributed by atoms with Crippen molar-refractivity contribution in [2.24, 2.45) is 0 Å². The summed E-state index contributed by atoms with van der Waals surface area (Å²) in [5.41, 5.74) is 0.582. The zero-order valence-electron chi connectivity index (χ0n) is 11.8. The maximum atomic E-state index is 13.2. The van der Waals surface area contributed by atoms with E-state index in [9.17, 15) is 14.0 Å². The quantitative estimate of drug-likeness (QED) is 0.651. The van der Waals surface area contributed by atoms with E-state index >= 15 is 0 Å². The lowest BCUT2D eigenvalue weighted by Crippen LogP contribution is -2.32. The van der Waals surface area contributed by atoms with Crippen molar-refractivity contribution in [2.75, 3.05) is 25.0 Å². The Morgan fingerprint density at radius 2 is 2.09 bits per heavy atom. The van der Waals surface area contributed by atoms with Gasteiger partial charge in [-0.1, -0.05) is 0 Å². The molecule has 22 heavy (non-hydrogen) atoms. The highest BCUT2D eigenvalue weighted by Crippen LogP contribution is 2.16. The van der Waals surface area contributed by atoms with Gasteiger partial charge in [0.05, 0.1) is 12.1 Å². The number of amides is 3. The van der Waals surface area contributed by atoms with Crippen LogP contribution in [0.15, 0.2) is 30.3 Å². The van der Waals surface area contributed by atoms with Crippen LogP contribution in [0.4, 0.5) is 15.0 Å². The molecule has 0 saturated carbocycles. The normalized spacial score (nSPS) is 14.5. The van der Waals surface area contributed by atoms with Gasteiger partial charge in [-0.25, -0.2) is 14.2 Å². The highest BCUT2D eigenvalue weighted by molar-refractivity contribution is 6.01. The highest BCUT2D eigenvalue weighted by Gasteiger charge is 2.27. The molecule has 3 amide bonds. The smallest absolute Gasteiger partial charge is 0.324 e. The maximum Gasteiger partial charge on any atom is 0.324 e. The first-order valence-electron chi connectivity index (χ1n) is 7.02. The van der Waals surface area contributed by atoms with Crippen molar-refractivity contribution in [3.63, 3.8) is 0 Å². The fraction of sp³-hybridized carbons (Fsp3) is 0.267. The molecule has 1 aliphatic heterocycles. The lowest BCUT2D eigenvalue weighted by molar-refractivity contribution is -0.124. The third-order valence-electron chi connectivity index (χ3n) is 3.46. The molecule has 2 aromatic rings. The van der Waals surface area contributed by atoms with Gasteiger partial charge in [0.25, 0.3) is 0 Å². The van der Waals surface area contributed by atoms with Gasteiger partial charge in [-0.05, 0) is 30.7 Å². The van der Waals surface area contributed by atoms with Crippen LogP contribution in [-0.4, -0.2) is 41.5 Å². The van der Waals surface area contributed by atoms with Gasteiger partial charge in [-0.3, -0.25) is 9.69 Å². The van der Waals surface area contributed by atoms with E-state index in [1.54, 1.807) is 6.07 Å². The summed E-state index contributed by atoms with van der Waals surface area (Å²) >= 11 is 0. The molecule has 7 heteroatoms. The van der Waals surface area contributed by atoms with E-state index in [0.29, 0.717) is 30.8 Å². The highest BCUT2D eigenvalue weighted by atomic mass is 19.1. The molecule has 114 valence electrons. The van der Waals surface area contributed by atoms with Crippen molar-refractivity contribution in [3.05, 3.63) is 36.1 Å². The molecule has 3 rings (SSSR count). The summed E-state index contributed by atoms with van der Waals surface area (Å²) in [4.78, 5) is 28.3. The number of halogens is 1. The van der Waals surface area contributed by atoms with Crippen molar-refractivity contribution in [1.29, 1.82) is 0 Å². The topological polar surface area (TPSA) is 74.3 Å². The van der Waals surface area contributed by atoms with Gasteiger partial charge in [0.2, 0.25) is 5.91 Å². The lowest BCUT2D eigenvalue weighted by Gasteiger charge is -2.12. The van der Waals surface area contributed by atoms with Crippen molar-refractivity contribution in [2.45, 2.75) is 6.42 Å². The number of imide groups is 1. The van der Waals surface area contributed by atoms with Crippen LogP contribution in [0.5, 0.6) is 0 Å². The Labute approximate surface area is 126 Å². The Balaban J connectivity index is 1.55. The van der Waals surface area contributed by atoms with Gasteiger partial charge >= 0.3 is 6.03 Å². The van der Waals surface area contributed by atoms with Crippen molar-refractivity contribution >= 4 is 28.7 Å². The van der Waals surface area contributed by atoms with E-state index in [0.717, 1.165) is 5.39 Å². The third-order valence-corrected chi connectivity index (χ3v) is 3.46. The number of nitrogens with zero attached hydrogens (tertiary/aromatic N) is 2. The van der Waals surface area contributed by atoms with Crippen LogP contribution in [0, 0.1) is 5.82 Å². The summed E-state index contributed by atoms with van der Waals surface area (Å²) in [5, 5.41) is 6.45. The molecule has 6 nitrogen and oxygen atoms in total. The molecule has 0 aliphatic carbocycles. The Kier molecular flexibility index (Phi) is 3.86. The van der Waals surface area contributed by atoms with E-state index in [-0.39, 0.29) is 24.3 Å². The summed E-state index contributed by atoms with van der Waals surface area (Å²) in [6, 6.07) is 7.79. The van der Waals surface area contributed by atoms with Crippen LogP contribution in [0.2, 0.25) is 0 Å². The molecule has 2 heterocycles. The van der Waals surface area contributed by atoms with Crippen LogP contribution >= 0.6 is 0 Å². The molecule has 1 aromatic carbocycles. The van der Waals surface area contributed by atoms with Gasteiger partial charge in [0, 0.05) is 24.5 Å². The first-order valence-corrected chi connectivity index (χ1v) is 7.02. The number of hydrogen-bond acceptors (Lipinski definition) is 4. The molecule has 1 fully saturated rings. The number of carbonyl (C=O) groups is 2. The molecule has 1 aliphatic rings. The third kappa shape index (κ3) is 2.98. The number of rotatable bonds is 5. The SMILES string of the molecule is O=C1CNC(=O)N1CCCNc1ccc2ccc(F)cc2n1. The van der Waals surface area contributed by atoms with Gasteiger partial charge in [-0.2, -0.15) is 0 Å². The number of hydrogen-bond donors (Lipinski definition) is 2. The first-order chi connectivity index (χ1) is 10.6. The number of benzene rings is 1. The van der Waals surface area contributed by atoms with Crippen molar-refractivity contribution in [3.8, 4) is 0 Å². The minimum absolute atomic E-state index is 0.0735. The average molecular weight is 302 g/mol. The van der Waals surface area contributed by atoms with Crippen LogP contribution in [0.1, 0.15) is 6.42 Å². The Morgan fingerprint density at radius 3 is 2.86 bits per heavy atom. The van der Waals surface area contributed by atoms with E-state index < -0.39 is 0 Å². The maximum absolute atomic E-state index is 13.2. The van der Waals surface area contributed by atoms with Crippen LogP contribution in [0.3, 0.4) is 0 Å². The minimum Gasteiger partial charge on any atom is -0.370 e. The number of carbonyl (C=O) groups excluding carboxylic acids is 2. The molecule has 0 atom stereocenters. The number of pyridine rings is 1. The fourth-order valence-corrected chi connectivity index (χ4v) is 2.32. The molecule has 0 bridgehead atoms. The number of nitrogens with one attached hydrogen (secondary N) is 2. The Bertz CT molecular complexity index is 719. The van der Waals surface area contributed by atoms with Gasteiger partial charge in [0.15, 0.2) is 0 Å². The average Bonchev–Trinajstić information content (AvgIpc) is 2.82. The molecule has 1 saturated heterocycles. The zero-order chi connectivity index (χ0) is 15.5. The van der Waals surface area contributed by atoms with Crippen LogP contribution in [-0.2, 0) is 4.79 Å². The van der Waals surface area contributed by atoms with Gasteiger partial charge < -0.3 is 10.6 Å². The predicted molar refractivity (Wildman–Crippen MR) is 79.9 cm³/mol. The number of urea groups is 1. The summed E-state index contributed by atoms with van der Waals surface area (Å²) in [7, 11) is 0. The van der Waals surface area contributed by atoms with Crippen molar-refractivity contribution in [1.82, 2.24) is 15.2 Å². The fourth-order valence-electron chi connectivity index (χ4n) is 2.32. The monoisotopic (exact) mass is 302 g/mol. The van der Waals surface area contributed by atoms with E-state index in [2.05, 4.69) is 15.6 Å². The van der Waals surface area contributed by atoms with E-state index in [1.165, 1.54) is 17.0 Å². The van der Waals surface area contributed by atoms with Crippen LogP contribution < -0.4 is 10.6 Å². The van der Waals surface area contributed by atoms with Gasteiger partial charge in [-0.15, -0.1) is 0 Å². The number of aromatic nitrogens is 1. The summed E-state index contributed by atoms with van der Waals surface area (Å²) in [6.45, 7) is 0.995. The number of fused-ring (bicyclic) bond motifs is 1. The first kappa shape index (κ1) is 14.2. The largest absolute Gasteiger partial charge is 0.370 e. The second kappa shape index (κ2) is 5.97. The molecule has 0 spiro atoms. The Hall–Kier alpha value is -2.70. The molecular formula is C15H15FN4O2. The summed E-state index contributed by atoms with van der Waals surface area (Å²) in [6.07, 6.45) is 0.613.